The third kappa shape index (κ3) is 3.57. The van der Waals surface area contributed by atoms with E-state index >= 15 is 0 Å². The highest BCUT2D eigenvalue weighted by molar-refractivity contribution is 6.04. The number of carboxylic acids is 1. The van der Waals surface area contributed by atoms with Crippen LogP contribution in [0.1, 0.15) is 112 Å². The van der Waals surface area contributed by atoms with Crippen molar-refractivity contribution < 1.29 is 14.7 Å². The molecule has 1 N–H and O–H groups in total. The number of ketones is 1. The first-order valence-electron chi connectivity index (χ1n) is 15.6. The molecule has 4 saturated carbocycles. The molecule has 8 atom stereocenters. The first-order chi connectivity index (χ1) is 18.6. The molecule has 40 heavy (non-hydrogen) atoms. The molecule has 5 nitrogen and oxygen atoms in total. The highest BCUT2D eigenvalue weighted by Crippen LogP contribution is 2.75. The average Bonchev–Trinajstić information content (AvgIpc) is 2.89. The van der Waals surface area contributed by atoms with Crippen molar-refractivity contribution in [3.05, 3.63) is 41.5 Å². The normalized spacial score (nSPS) is 46.9. The Morgan fingerprint density at radius 2 is 1.70 bits per heavy atom. The van der Waals surface area contributed by atoms with Crippen molar-refractivity contribution in [1.29, 1.82) is 0 Å². The Kier molecular flexibility index (Phi) is 6.00. The SMILES string of the molecule is CC1(C)C(=O)/C(=C\c2cnccn2)C[C@]2(C)[C@H]3CC=C4[C@@H]5C[C@@](C)(C(=O)O)CC[C@]5(C)CC[C@@]4(C)[C@]3(C)CC[C@@H]12. The number of hydrogen-bond donors (Lipinski definition) is 1. The lowest BCUT2D eigenvalue weighted by atomic mass is 9.33. The van der Waals surface area contributed by atoms with Crippen LogP contribution < -0.4 is 0 Å². The van der Waals surface area contributed by atoms with Crippen LogP contribution in [-0.2, 0) is 9.59 Å². The van der Waals surface area contributed by atoms with E-state index in [9.17, 15) is 14.7 Å². The lowest BCUT2D eigenvalue weighted by Crippen LogP contribution is -2.64. The maximum atomic E-state index is 13.9. The molecule has 0 aromatic carbocycles. The molecule has 1 aromatic rings. The van der Waals surface area contributed by atoms with Gasteiger partial charge in [-0.2, -0.15) is 0 Å². The van der Waals surface area contributed by atoms with E-state index in [1.807, 2.05) is 13.0 Å². The first-order valence-corrected chi connectivity index (χ1v) is 15.6. The largest absolute Gasteiger partial charge is 0.481 e. The Morgan fingerprint density at radius 1 is 0.975 bits per heavy atom. The molecule has 0 saturated heterocycles. The van der Waals surface area contributed by atoms with E-state index in [-0.39, 0.29) is 27.4 Å². The van der Waals surface area contributed by atoms with Crippen LogP contribution in [0, 0.1) is 50.2 Å². The molecule has 5 aliphatic carbocycles. The van der Waals surface area contributed by atoms with Gasteiger partial charge in [0.15, 0.2) is 5.78 Å². The van der Waals surface area contributed by atoms with E-state index in [2.05, 4.69) is 57.6 Å². The number of nitrogens with zero attached hydrogens (tertiary/aromatic N) is 2. The highest BCUT2D eigenvalue weighted by Gasteiger charge is 2.68. The summed E-state index contributed by atoms with van der Waals surface area (Å²) in [6.07, 6.45) is 18.6. The minimum absolute atomic E-state index is 0.00755. The van der Waals surface area contributed by atoms with Gasteiger partial charge < -0.3 is 5.11 Å². The molecule has 0 radical (unpaired) electrons. The molecule has 6 rings (SSSR count). The smallest absolute Gasteiger partial charge is 0.309 e. The molecule has 5 aliphatic rings. The van der Waals surface area contributed by atoms with Crippen LogP contribution in [-0.4, -0.2) is 26.8 Å². The summed E-state index contributed by atoms with van der Waals surface area (Å²) < 4.78 is 0. The third-order valence-electron chi connectivity index (χ3n) is 13.8. The van der Waals surface area contributed by atoms with Crippen LogP contribution in [0.2, 0.25) is 0 Å². The fraction of sp³-hybridized carbons (Fsp3) is 0.714. The van der Waals surface area contributed by atoms with Crippen LogP contribution in [0.15, 0.2) is 35.8 Å². The van der Waals surface area contributed by atoms with Gasteiger partial charge in [-0.05, 0) is 116 Å². The predicted octanol–water partition coefficient (Wildman–Crippen LogP) is 7.93. The minimum atomic E-state index is -0.640. The molecule has 5 heteroatoms. The van der Waals surface area contributed by atoms with E-state index < -0.39 is 16.8 Å². The summed E-state index contributed by atoms with van der Waals surface area (Å²) in [6, 6.07) is 0. The van der Waals surface area contributed by atoms with Crippen molar-refractivity contribution in [2.24, 2.45) is 50.2 Å². The second kappa shape index (κ2) is 8.61. The number of carbonyl (C=O) groups is 2. The van der Waals surface area contributed by atoms with Gasteiger partial charge in [0.1, 0.15) is 0 Å². The van der Waals surface area contributed by atoms with Crippen molar-refractivity contribution >= 4 is 17.8 Å². The quantitative estimate of drug-likeness (QED) is 0.302. The number of carbonyl (C=O) groups excluding carboxylic acids is 1. The molecular formula is C35H48N2O3. The molecule has 0 spiro atoms. The van der Waals surface area contributed by atoms with Gasteiger partial charge >= 0.3 is 5.97 Å². The summed E-state index contributed by atoms with van der Waals surface area (Å²) in [7, 11) is 0. The first kappa shape index (κ1) is 27.8. The molecule has 1 heterocycles. The zero-order valence-corrected chi connectivity index (χ0v) is 25.6. The van der Waals surface area contributed by atoms with Crippen molar-refractivity contribution in [2.75, 3.05) is 0 Å². The zero-order chi connectivity index (χ0) is 28.9. The van der Waals surface area contributed by atoms with Gasteiger partial charge in [-0.3, -0.25) is 19.6 Å². The lowest BCUT2D eigenvalue weighted by molar-refractivity contribution is -0.178. The Hall–Kier alpha value is -2.30. The Labute approximate surface area is 240 Å². The van der Waals surface area contributed by atoms with Gasteiger partial charge in [0.2, 0.25) is 0 Å². The molecular weight excluding hydrogens is 496 g/mol. The molecule has 1 aromatic heterocycles. The summed E-state index contributed by atoms with van der Waals surface area (Å²) in [6.45, 7) is 16.3. The predicted molar refractivity (Wildman–Crippen MR) is 157 cm³/mol. The van der Waals surface area contributed by atoms with Gasteiger partial charge in [0.25, 0.3) is 0 Å². The van der Waals surface area contributed by atoms with Gasteiger partial charge in [0.05, 0.1) is 17.3 Å². The van der Waals surface area contributed by atoms with Crippen molar-refractivity contribution in [3.63, 3.8) is 0 Å². The minimum Gasteiger partial charge on any atom is -0.481 e. The second-order valence-electron chi connectivity index (χ2n) is 16.1. The monoisotopic (exact) mass is 544 g/mol. The maximum Gasteiger partial charge on any atom is 0.309 e. The Morgan fingerprint density at radius 3 is 2.38 bits per heavy atom. The van der Waals surface area contributed by atoms with Crippen molar-refractivity contribution in [1.82, 2.24) is 9.97 Å². The van der Waals surface area contributed by atoms with Gasteiger partial charge in [-0.1, -0.05) is 53.2 Å². The molecule has 0 unspecified atom stereocenters. The van der Waals surface area contributed by atoms with Crippen molar-refractivity contribution in [2.45, 2.75) is 106 Å². The van der Waals surface area contributed by atoms with E-state index in [0.717, 1.165) is 56.2 Å². The average molecular weight is 545 g/mol. The lowest BCUT2D eigenvalue weighted by Gasteiger charge is -2.70. The fourth-order valence-electron chi connectivity index (χ4n) is 11.1. The number of carboxylic acid groups (broad SMARTS) is 1. The van der Waals surface area contributed by atoms with Crippen LogP contribution in [0.3, 0.4) is 0 Å². The van der Waals surface area contributed by atoms with E-state index in [1.54, 1.807) is 24.2 Å². The van der Waals surface area contributed by atoms with E-state index in [0.29, 0.717) is 17.8 Å². The number of allylic oxidation sites excluding steroid dienone is 3. The molecule has 216 valence electrons. The van der Waals surface area contributed by atoms with E-state index in [4.69, 9.17) is 0 Å². The number of fused-ring (bicyclic) bond motifs is 7. The van der Waals surface area contributed by atoms with E-state index in [1.165, 1.54) is 12.8 Å². The van der Waals surface area contributed by atoms with Crippen LogP contribution in [0.25, 0.3) is 6.08 Å². The second-order valence-corrected chi connectivity index (χ2v) is 16.1. The fourth-order valence-corrected chi connectivity index (χ4v) is 11.1. The molecule has 0 bridgehead atoms. The van der Waals surface area contributed by atoms with Crippen molar-refractivity contribution in [3.8, 4) is 0 Å². The highest BCUT2D eigenvalue weighted by atomic mass is 16.4. The summed E-state index contributed by atoms with van der Waals surface area (Å²) in [5.41, 5.74) is 2.49. The standard InChI is InChI=1S/C35H48N2O3/c1-30(2)26-10-11-35(7)27(33(26,5)19-22(28(30)38)18-23-21-36-16-17-37-23)9-8-24-25-20-32(4,29(39)40)13-12-31(25,3)14-15-34(24,35)6/h8,16-18,21,25-27H,9-15,19-20H2,1-7H3,(H,39,40)/b22-18-/t25-,26-,27+,31+,32-,33-,34+,35+/m0/s1. The topological polar surface area (TPSA) is 80.2 Å². The molecule has 4 fully saturated rings. The summed E-state index contributed by atoms with van der Waals surface area (Å²) >= 11 is 0. The van der Waals surface area contributed by atoms with Crippen LogP contribution in [0.5, 0.6) is 0 Å². The third-order valence-corrected chi connectivity index (χ3v) is 13.8. The summed E-state index contributed by atoms with van der Waals surface area (Å²) in [5, 5.41) is 10.2. The Balaban J connectivity index is 1.43. The van der Waals surface area contributed by atoms with Gasteiger partial charge in [-0.15, -0.1) is 0 Å². The van der Waals surface area contributed by atoms with Crippen LogP contribution in [0.4, 0.5) is 0 Å². The molecule has 0 aliphatic heterocycles. The number of aromatic nitrogens is 2. The Bertz CT molecular complexity index is 1310. The maximum absolute atomic E-state index is 13.9. The van der Waals surface area contributed by atoms with Gasteiger partial charge in [0, 0.05) is 17.8 Å². The summed E-state index contributed by atoms with van der Waals surface area (Å²) in [4.78, 5) is 35.0. The number of hydrogen-bond acceptors (Lipinski definition) is 4. The number of Topliss-reactive ketones (excluding diaryl/α,β-unsaturated/α-hetero) is 1. The number of rotatable bonds is 2. The van der Waals surface area contributed by atoms with Gasteiger partial charge in [-0.25, -0.2) is 0 Å². The zero-order valence-electron chi connectivity index (χ0n) is 25.6. The number of aliphatic carboxylic acids is 1. The molecule has 0 amide bonds. The van der Waals surface area contributed by atoms with Crippen LogP contribution >= 0.6 is 0 Å². The summed E-state index contributed by atoms with van der Waals surface area (Å²) in [5.74, 6) is 0.768.